The van der Waals surface area contributed by atoms with Crippen LogP contribution in [0.15, 0.2) is 91.0 Å². The van der Waals surface area contributed by atoms with Crippen LogP contribution in [0, 0.1) is 0 Å². The topological polar surface area (TPSA) is 85.2 Å². The van der Waals surface area contributed by atoms with Crippen molar-refractivity contribution in [2.24, 2.45) is 0 Å². The van der Waals surface area contributed by atoms with E-state index in [1.54, 1.807) is 6.07 Å². The molecule has 0 saturated heterocycles. The standard InChI is InChI=1S/C36H40O6/c1-2-14-30-32(23-22-31(34(30)37)36(38)39)40-24-12-4-3-11-19-29-20-13-21-33(41-25-27-15-7-5-8-16-27)35(29)42-26-28-17-9-6-10-18-28/h5-10,13,15-18,20-23,37H,2-4,11-12,14,19,24-26H2,1H3,(H,38,39). The van der Waals surface area contributed by atoms with Gasteiger partial charge in [0.1, 0.15) is 30.3 Å². The van der Waals surface area contributed by atoms with Crippen LogP contribution in [0.4, 0.5) is 0 Å². The van der Waals surface area contributed by atoms with Crippen LogP contribution in [0.2, 0.25) is 0 Å². The van der Waals surface area contributed by atoms with Gasteiger partial charge in [0.25, 0.3) is 0 Å². The van der Waals surface area contributed by atoms with Crippen LogP contribution in [0.5, 0.6) is 23.0 Å². The smallest absolute Gasteiger partial charge is 0.339 e. The van der Waals surface area contributed by atoms with E-state index in [-0.39, 0.29) is 11.3 Å². The van der Waals surface area contributed by atoms with Crippen molar-refractivity contribution in [1.82, 2.24) is 0 Å². The molecule has 2 N–H and O–H groups in total. The number of benzene rings is 4. The summed E-state index contributed by atoms with van der Waals surface area (Å²) in [4.78, 5) is 11.4. The minimum Gasteiger partial charge on any atom is -0.507 e. The molecule has 220 valence electrons. The summed E-state index contributed by atoms with van der Waals surface area (Å²) >= 11 is 0. The lowest BCUT2D eigenvalue weighted by Crippen LogP contribution is -2.05. The molecule has 0 saturated carbocycles. The zero-order valence-corrected chi connectivity index (χ0v) is 24.3. The third kappa shape index (κ3) is 8.77. The van der Waals surface area contributed by atoms with Gasteiger partial charge >= 0.3 is 5.97 Å². The van der Waals surface area contributed by atoms with Crippen LogP contribution < -0.4 is 14.2 Å². The largest absolute Gasteiger partial charge is 0.507 e. The fourth-order valence-corrected chi connectivity index (χ4v) is 4.87. The Morgan fingerprint density at radius 1 is 0.667 bits per heavy atom. The number of hydrogen-bond donors (Lipinski definition) is 2. The molecule has 6 nitrogen and oxygen atoms in total. The Morgan fingerprint density at radius 3 is 2.00 bits per heavy atom. The van der Waals surface area contributed by atoms with Crippen molar-refractivity contribution in [2.75, 3.05) is 6.61 Å². The lowest BCUT2D eigenvalue weighted by molar-refractivity contribution is 0.0693. The highest BCUT2D eigenvalue weighted by molar-refractivity contribution is 5.91. The zero-order chi connectivity index (χ0) is 29.6. The normalized spacial score (nSPS) is 10.8. The maximum atomic E-state index is 11.4. The monoisotopic (exact) mass is 568 g/mol. The summed E-state index contributed by atoms with van der Waals surface area (Å²) in [5.74, 6) is 0.779. The van der Waals surface area contributed by atoms with Gasteiger partial charge in [-0.15, -0.1) is 0 Å². The van der Waals surface area contributed by atoms with Gasteiger partial charge in [-0.25, -0.2) is 4.79 Å². The van der Waals surface area contributed by atoms with Crippen molar-refractivity contribution in [3.8, 4) is 23.0 Å². The van der Waals surface area contributed by atoms with Crippen molar-refractivity contribution in [1.29, 1.82) is 0 Å². The van der Waals surface area contributed by atoms with Crippen molar-refractivity contribution in [2.45, 2.75) is 65.1 Å². The zero-order valence-electron chi connectivity index (χ0n) is 24.3. The Bertz CT molecular complexity index is 1400. The molecule has 6 heteroatoms. The minimum atomic E-state index is -1.14. The lowest BCUT2D eigenvalue weighted by Gasteiger charge is -2.17. The molecule has 0 fully saturated rings. The molecule has 0 atom stereocenters. The van der Waals surface area contributed by atoms with Crippen LogP contribution in [0.25, 0.3) is 0 Å². The van der Waals surface area contributed by atoms with E-state index >= 15 is 0 Å². The van der Waals surface area contributed by atoms with Crippen molar-refractivity contribution >= 4 is 5.97 Å². The second kappa shape index (κ2) is 16.1. The SMILES string of the molecule is CCCc1c(OCCCCCCc2cccc(OCc3ccccc3)c2OCc2ccccc2)ccc(C(=O)O)c1O. The number of carbonyl (C=O) groups is 1. The summed E-state index contributed by atoms with van der Waals surface area (Å²) in [6.45, 7) is 3.44. The summed E-state index contributed by atoms with van der Waals surface area (Å²) in [5.41, 5.74) is 3.82. The summed E-state index contributed by atoms with van der Waals surface area (Å²) < 4.78 is 18.5. The van der Waals surface area contributed by atoms with Crippen molar-refractivity contribution in [3.63, 3.8) is 0 Å². The first-order chi connectivity index (χ1) is 20.6. The Hall–Kier alpha value is -4.45. The predicted molar refractivity (Wildman–Crippen MR) is 165 cm³/mol. The van der Waals surface area contributed by atoms with Gasteiger partial charge in [0.05, 0.1) is 6.61 Å². The second-order valence-corrected chi connectivity index (χ2v) is 10.3. The van der Waals surface area contributed by atoms with Crippen LogP contribution in [-0.4, -0.2) is 22.8 Å². The maximum Gasteiger partial charge on any atom is 0.339 e. The molecule has 0 amide bonds. The Labute approximate surface area is 248 Å². The molecule has 0 spiro atoms. The van der Waals surface area contributed by atoms with Gasteiger partial charge in [-0.3, -0.25) is 0 Å². The molecule has 0 heterocycles. The Morgan fingerprint density at radius 2 is 1.33 bits per heavy atom. The van der Waals surface area contributed by atoms with Crippen LogP contribution >= 0.6 is 0 Å². The number of carboxylic acid groups (broad SMARTS) is 1. The molecule has 0 aliphatic heterocycles. The average Bonchev–Trinajstić information content (AvgIpc) is 3.01. The molecular weight excluding hydrogens is 528 g/mol. The van der Waals surface area contributed by atoms with Crippen LogP contribution in [0.1, 0.15) is 71.6 Å². The number of rotatable bonds is 17. The third-order valence-corrected chi connectivity index (χ3v) is 7.09. The van der Waals surface area contributed by atoms with Gasteiger partial charge in [-0.2, -0.15) is 0 Å². The van der Waals surface area contributed by atoms with Crippen molar-refractivity contribution in [3.05, 3.63) is 119 Å². The Kier molecular flexibility index (Phi) is 11.7. The predicted octanol–water partition coefficient (Wildman–Crippen LogP) is 8.38. The first kappa shape index (κ1) is 30.5. The average molecular weight is 569 g/mol. The molecule has 0 aromatic heterocycles. The summed E-state index contributed by atoms with van der Waals surface area (Å²) in [5, 5.41) is 19.7. The van der Waals surface area contributed by atoms with E-state index in [0.29, 0.717) is 37.6 Å². The summed E-state index contributed by atoms with van der Waals surface area (Å²) in [7, 11) is 0. The number of hydrogen-bond acceptors (Lipinski definition) is 5. The van der Waals surface area contributed by atoms with Crippen LogP contribution in [-0.2, 0) is 26.1 Å². The molecule has 4 aromatic rings. The molecule has 0 radical (unpaired) electrons. The maximum absolute atomic E-state index is 11.4. The number of para-hydroxylation sites is 1. The molecule has 42 heavy (non-hydrogen) atoms. The molecule has 4 rings (SSSR count). The van der Waals surface area contributed by atoms with Gasteiger partial charge in [-0.1, -0.05) is 99.0 Å². The fourth-order valence-electron chi connectivity index (χ4n) is 4.87. The van der Waals surface area contributed by atoms with E-state index in [1.807, 2.05) is 55.5 Å². The van der Waals surface area contributed by atoms with Crippen LogP contribution in [0.3, 0.4) is 0 Å². The number of aromatic carboxylic acids is 1. The molecule has 0 bridgehead atoms. The highest BCUT2D eigenvalue weighted by Gasteiger charge is 2.17. The first-order valence-electron chi connectivity index (χ1n) is 14.7. The molecule has 0 aliphatic carbocycles. The molecule has 0 unspecified atom stereocenters. The molecular formula is C36H40O6. The highest BCUT2D eigenvalue weighted by atomic mass is 16.5. The summed E-state index contributed by atoms with van der Waals surface area (Å²) in [6, 6.07) is 29.4. The van der Waals surface area contributed by atoms with E-state index in [0.717, 1.165) is 66.7 Å². The number of phenols is 1. The summed E-state index contributed by atoms with van der Waals surface area (Å²) in [6.07, 6.45) is 6.10. The molecule has 4 aromatic carbocycles. The minimum absolute atomic E-state index is 0.0903. The molecule has 0 aliphatic rings. The number of aryl methyl sites for hydroxylation is 1. The second-order valence-electron chi connectivity index (χ2n) is 10.3. The van der Waals surface area contributed by atoms with E-state index < -0.39 is 5.97 Å². The quantitative estimate of drug-likeness (QED) is 0.124. The third-order valence-electron chi connectivity index (χ3n) is 7.09. The van der Waals surface area contributed by atoms with Gasteiger partial charge in [0.2, 0.25) is 0 Å². The van der Waals surface area contributed by atoms with Gasteiger partial charge in [-0.05, 0) is 60.6 Å². The Balaban J connectivity index is 1.31. The van der Waals surface area contributed by atoms with Gasteiger partial charge in [0, 0.05) is 5.56 Å². The van der Waals surface area contributed by atoms with E-state index in [2.05, 4.69) is 30.3 Å². The highest BCUT2D eigenvalue weighted by Crippen LogP contribution is 2.35. The van der Waals surface area contributed by atoms with Gasteiger partial charge in [0.15, 0.2) is 11.5 Å². The van der Waals surface area contributed by atoms with E-state index in [4.69, 9.17) is 14.2 Å². The van der Waals surface area contributed by atoms with Gasteiger partial charge < -0.3 is 24.4 Å². The number of aromatic hydroxyl groups is 1. The lowest BCUT2D eigenvalue weighted by atomic mass is 10.0. The van der Waals surface area contributed by atoms with E-state index in [1.165, 1.54) is 6.07 Å². The number of ether oxygens (including phenoxy) is 3. The number of unbranched alkanes of at least 4 members (excludes halogenated alkanes) is 3. The number of carboxylic acids is 1. The first-order valence-corrected chi connectivity index (χ1v) is 14.7. The fraction of sp³-hybridized carbons (Fsp3) is 0.306. The van der Waals surface area contributed by atoms with Crippen molar-refractivity contribution < 1.29 is 29.2 Å². The van der Waals surface area contributed by atoms with E-state index in [9.17, 15) is 15.0 Å².